The Labute approximate surface area is 91.5 Å². The number of aromatic nitrogens is 3. The number of hydrogen-bond acceptors (Lipinski definition) is 3. The molecule has 0 saturated carbocycles. The van der Waals surface area contributed by atoms with Crippen molar-refractivity contribution in [1.82, 2.24) is 19.5 Å². The van der Waals surface area contributed by atoms with E-state index in [9.17, 15) is 9.59 Å². The van der Waals surface area contributed by atoms with Gasteiger partial charge in [-0.2, -0.15) is 4.52 Å². The van der Waals surface area contributed by atoms with Crippen molar-refractivity contribution >= 4 is 11.6 Å². The number of rotatable bonds is 1. The zero-order valence-corrected chi connectivity index (χ0v) is 9.31. The summed E-state index contributed by atoms with van der Waals surface area (Å²) in [7, 11) is 3.19. The van der Waals surface area contributed by atoms with E-state index in [1.54, 1.807) is 27.1 Å². The van der Waals surface area contributed by atoms with Gasteiger partial charge in [0.2, 0.25) is 0 Å². The lowest BCUT2D eigenvalue weighted by atomic mass is 10.4. The maximum absolute atomic E-state index is 11.7. The fraction of sp³-hybridized carbons (Fsp3) is 0.300. The third-order valence-electron chi connectivity index (χ3n) is 2.42. The highest BCUT2D eigenvalue weighted by molar-refractivity contribution is 5.93. The van der Waals surface area contributed by atoms with Crippen molar-refractivity contribution < 1.29 is 4.79 Å². The minimum absolute atomic E-state index is 0.194. The van der Waals surface area contributed by atoms with Crippen LogP contribution >= 0.6 is 0 Å². The van der Waals surface area contributed by atoms with Crippen LogP contribution in [0.5, 0.6) is 0 Å². The van der Waals surface area contributed by atoms with Crippen molar-refractivity contribution in [3.63, 3.8) is 0 Å². The number of aryl methyl sites for hydroxylation is 2. The highest BCUT2D eigenvalue weighted by Crippen LogP contribution is 2.05. The van der Waals surface area contributed by atoms with E-state index in [2.05, 4.69) is 10.3 Å². The third kappa shape index (κ3) is 1.39. The monoisotopic (exact) mass is 220 g/mol. The number of hydrogen-bond donors (Lipinski definition) is 1. The van der Waals surface area contributed by atoms with Crippen molar-refractivity contribution in [2.75, 3.05) is 7.05 Å². The van der Waals surface area contributed by atoms with Crippen molar-refractivity contribution in [3.8, 4) is 0 Å². The summed E-state index contributed by atoms with van der Waals surface area (Å²) >= 11 is 0. The molecule has 1 N–H and O–H groups in total. The van der Waals surface area contributed by atoms with Crippen LogP contribution in [0.2, 0.25) is 0 Å². The molecule has 0 atom stereocenters. The lowest BCUT2D eigenvalue weighted by Crippen LogP contribution is -2.25. The van der Waals surface area contributed by atoms with E-state index in [0.717, 1.165) is 0 Å². The highest BCUT2D eigenvalue weighted by atomic mass is 16.2. The molecule has 16 heavy (non-hydrogen) atoms. The number of carbonyl (C=O) groups excluding carboxylic acids is 1. The number of nitrogens with zero attached hydrogens (tertiary/aromatic N) is 3. The molecule has 0 unspecified atom stereocenters. The van der Waals surface area contributed by atoms with Gasteiger partial charge in [-0.25, -0.2) is 4.98 Å². The van der Waals surface area contributed by atoms with Crippen molar-refractivity contribution in [2.45, 2.75) is 6.92 Å². The van der Waals surface area contributed by atoms with Gasteiger partial charge >= 0.3 is 0 Å². The highest BCUT2D eigenvalue weighted by Gasteiger charge is 2.13. The van der Waals surface area contributed by atoms with Gasteiger partial charge in [0.15, 0.2) is 5.65 Å². The minimum Gasteiger partial charge on any atom is -0.354 e. The Balaban J connectivity index is 2.83. The number of carbonyl (C=O) groups is 1. The fourth-order valence-corrected chi connectivity index (χ4v) is 1.67. The van der Waals surface area contributed by atoms with E-state index in [1.807, 2.05) is 0 Å². The van der Waals surface area contributed by atoms with E-state index < -0.39 is 0 Å². The molecule has 0 aliphatic carbocycles. The molecule has 0 aliphatic heterocycles. The molecule has 2 heterocycles. The lowest BCUT2D eigenvalue weighted by Gasteiger charge is -2.02. The van der Waals surface area contributed by atoms with Crippen LogP contribution in [-0.2, 0) is 7.05 Å². The first-order valence-corrected chi connectivity index (χ1v) is 4.83. The normalized spacial score (nSPS) is 10.7. The first-order valence-electron chi connectivity index (χ1n) is 4.83. The summed E-state index contributed by atoms with van der Waals surface area (Å²) < 4.78 is 2.85. The average Bonchev–Trinajstić information content (AvgIpc) is 2.54. The van der Waals surface area contributed by atoms with Crippen molar-refractivity contribution in [1.29, 1.82) is 0 Å². The summed E-state index contributed by atoms with van der Waals surface area (Å²) in [5.41, 5.74) is 1.32. The largest absolute Gasteiger partial charge is 0.354 e. The van der Waals surface area contributed by atoms with Crippen LogP contribution in [0, 0.1) is 6.92 Å². The molecule has 6 nitrogen and oxygen atoms in total. The second-order valence-corrected chi connectivity index (χ2v) is 3.54. The Kier molecular flexibility index (Phi) is 2.26. The summed E-state index contributed by atoms with van der Waals surface area (Å²) in [4.78, 5) is 27.4. The fourth-order valence-electron chi connectivity index (χ4n) is 1.67. The van der Waals surface area contributed by atoms with Crippen LogP contribution < -0.4 is 10.9 Å². The van der Waals surface area contributed by atoms with E-state index in [4.69, 9.17) is 0 Å². The third-order valence-corrected chi connectivity index (χ3v) is 2.42. The quantitative estimate of drug-likeness (QED) is 0.717. The van der Waals surface area contributed by atoms with Crippen LogP contribution in [0.4, 0.5) is 0 Å². The maximum Gasteiger partial charge on any atom is 0.273 e. The van der Waals surface area contributed by atoms with Gasteiger partial charge in [-0.1, -0.05) is 0 Å². The summed E-state index contributed by atoms with van der Waals surface area (Å²) in [6.45, 7) is 1.74. The van der Waals surface area contributed by atoms with E-state index in [1.165, 1.54) is 15.3 Å². The predicted molar refractivity (Wildman–Crippen MR) is 58.6 cm³/mol. The van der Waals surface area contributed by atoms with Gasteiger partial charge in [0.1, 0.15) is 5.69 Å². The molecule has 0 bridgehead atoms. The SMILES string of the molecule is CNC(=O)c1cc2nc(C)cc(=O)n2n1C. The second kappa shape index (κ2) is 3.48. The molecular formula is C10H12N4O2. The van der Waals surface area contributed by atoms with Gasteiger partial charge in [-0.3, -0.25) is 14.3 Å². The maximum atomic E-state index is 11.7. The Hall–Kier alpha value is -2.11. The average molecular weight is 220 g/mol. The van der Waals surface area contributed by atoms with Gasteiger partial charge in [0.05, 0.1) is 0 Å². The Morgan fingerprint density at radius 1 is 1.44 bits per heavy atom. The first-order chi connectivity index (χ1) is 7.54. The number of nitrogens with one attached hydrogen (secondary N) is 1. The predicted octanol–water partition coefficient (Wildman–Crippen LogP) is -0.299. The van der Waals surface area contributed by atoms with E-state index in [-0.39, 0.29) is 11.5 Å². The van der Waals surface area contributed by atoms with Gasteiger partial charge in [0, 0.05) is 31.9 Å². The van der Waals surface area contributed by atoms with Crippen LogP contribution in [-0.4, -0.2) is 27.1 Å². The standard InChI is InChI=1S/C10H12N4O2/c1-6-4-9(15)14-8(12-6)5-7(13(14)3)10(16)11-2/h4-5H,1-3H3,(H,11,16). The van der Waals surface area contributed by atoms with Crippen LogP contribution in [0.3, 0.4) is 0 Å². The molecule has 1 amide bonds. The number of fused-ring (bicyclic) bond motifs is 1. The molecule has 0 saturated heterocycles. The summed E-state index contributed by atoms with van der Waals surface area (Å²) in [6, 6.07) is 3.02. The zero-order valence-electron chi connectivity index (χ0n) is 9.31. The Morgan fingerprint density at radius 2 is 2.12 bits per heavy atom. The molecule has 0 fully saturated rings. The molecule has 2 aromatic heterocycles. The van der Waals surface area contributed by atoms with Crippen LogP contribution in [0.1, 0.15) is 16.2 Å². The molecule has 0 aromatic carbocycles. The number of amides is 1. The molecule has 2 rings (SSSR count). The molecule has 6 heteroatoms. The second-order valence-electron chi connectivity index (χ2n) is 3.54. The van der Waals surface area contributed by atoms with Crippen LogP contribution in [0.25, 0.3) is 5.65 Å². The van der Waals surface area contributed by atoms with E-state index >= 15 is 0 Å². The zero-order chi connectivity index (χ0) is 11.9. The molecule has 0 spiro atoms. The molecule has 0 aliphatic rings. The Morgan fingerprint density at radius 3 is 2.75 bits per heavy atom. The van der Waals surface area contributed by atoms with Gasteiger partial charge in [-0.15, -0.1) is 0 Å². The molecule has 2 aromatic rings. The Bertz CT molecular complexity index is 624. The van der Waals surface area contributed by atoms with Crippen molar-refractivity contribution in [2.24, 2.45) is 7.05 Å². The summed E-state index contributed by atoms with van der Waals surface area (Å²) in [5.74, 6) is -0.245. The smallest absolute Gasteiger partial charge is 0.273 e. The summed E-state index contributed by atoms with van der Waals surface area (Å²) in [5, 5.41) is 2.51. The molecule has 84 valence electrons. The van der Waals surface area contributed by atoms with Crippen molar-refractivity contribution in [3.05, 3.63) is 33.9 Å². The van der Waals surface area contributed by atoms with Gasteiger partial charge in [0.25, 0.3) is 11.5 Å². The minimum atomic E-state index is -0.245. The molecule has 0 radical (unpaired) electrons. The van der Waals surface area contributed by atoms with Crippen LogP contribution in [0.15, 0.2) is 16.9 Å². The molecular weight excluding hydrogens is 208 g/mol. The lowest BCUT2D eigenvalue weighted by molar-refractivity contribution is 0.0953. The van der Waals surface area contributed by atoms with Gasteiger partial charge < -0.3 is 5.32 Å². The van der Waals surface area contributed by atoms with Gasteiger partial charge in [-0.05, 0) is 6.92 Å². The first kappa shape index (κ1) is 10.4. The topological polar surface area (TPSA) is 68.4 Å². The summed E-state index contributed by atoms with van der Waals surface area (Å²) in [6.07, 6.45) is 0. The van der Waals surface area contributed by atoms with E-state index in [0.29, 0.717) is 17.0 Å².